The molecule has 10 nitrogen and oxygen atoms in total. The van der Waals surface area contributed by atoms with E-state index < -0.39 is 29.1 Å². The molecule has 2 atom stereocenters. The zero-order valence-electron chi connectivity index (χ0n) is 18.2. The van der Waals surface area contributed by atoms with Crippen LogP contribution >= 0.6 is 0 Å². The van der Waals surface area contributed by atoms with Gasteiger partial charge in [0.1, 0.15) is 28.9 Å². The number of aliphatic hydroxyl groups excluding tert-OH is 1. The van der Waals surface area contributed by atoms with Gasteiger partial charge in [0.2, 0.25) is 5.78 Å². The van der Waals surface area contributed by atoms with E-state index in [9.17, 15) is 24.6 Å². The van der Waals surface area contributed by atoms with Crippen LogP contribution < -0.4 is 10.4 Å². The molecule has 0 saturated carbocycles. The summed E-state index contributed by atoms with van der Waals surface area (Å²) < 4.78 is 23.1. The number of hydrogen-bond acceptors (Lipinski definition) is 9. The van der Waals surface area contributed by atoms with Gasteiger partial charge in [0.05, 0.1) is 37.2 Å². The first kappa shape index (κ1) is 20.5. The highest BCUT2D eigenvalue weighted by Gasteiger charge is 2.61. The molecule has 10 heteroatoms. The van der Waals surface area contributed by atoms with Crippen molar-refractivity contribution in [2.45, 2.75) is 31.1 Å². The highest BCUT2D eigenvalue weighted by molar-refractivity contribution is 6.20. The van der Waals surface area contributed by atoms with Crippen LogP contribution in [-0.2, 0) is 20.8 Å². The zero-order chi connectivity index (χ0) is 23.9. The number of allylic oxidation sites excluding steroid dienone is 1. The number of phenols is 1. The average Bonchev–Trinajstić information content (AvgIpc) is 3.15. The maximum atomic E-state index is 13.8. The van der Waals surface area contributed by atoms with Gasteiger partial charge in [0.15, 0.2) is 0 Å². The highest BCUT2D eigenvalue weighted by Crippen LogP contribution is 2.52. The monoisotopic (exact) mass is 465 g/mol. The van der Waals surface area contributed by atoms with Crippen molar-refractivity contribution in [2.24, 2.45) is 0 Å². The second-order valence-electron chi connectivity index (χ2n) is 8.46. The second-order valence-corrected chi connectivity index (χ2v) is 8.46. The number of nitrogens with zero attached hydrogens (tertiary/aromatic N) is 1. The third kappa shape index (κ3) is 2.30. The van der Waals surface area contributed by atoms with Gasteiger partial charge < -0.3 is 28.9 Å². The van der Waals surface area contributed by atoms with Crippen molar-refractivity contribution in [3.63, 3.8) is 0 Å². The number of benzene rings is 2. The van der Waals surface area contributed by atoms with E-state index in [-0.39, 0.29) is 47.8 Å². The first-order valence-corrected chi connectivity index (χ1v) is 10.6. The minimum atomic E-state index is -2.14. The molecule has 1 aromatic heterocycles. The third-order valence-electron chi connectivity index (χ3n) is 6.85. The number of fused-ring (bicyclic) bond motifs is 4. The number of ether oxygens (including phenoxy) is 3. The van der Waals surface area contributed by atoms with Crippen LogP contribution in [-0.4, -0.2) is 52.6 Å². The van der Waals surface area contributed by atoms with E-state index in [1.807, 2.05) is 0 Å². The Morgan fingerprint density at radius 1 is 1.24 bits per heavy atom. The van der Waals surface area contributed by atoms with E-state index in [1.54, 1.807) is 18.2 Å². The number of para-hydroxylation sites is 1. The fourth-order valence-corrected chi connectivity index (χ4v) is 5.38. The van der Waals surface area contributed by atoms with Gasteiger partial charge in [0.25, 0.3) is 5.60 Å². The molecule has 0 unspecified atom stereocenters. The first-order chi connectivity index (χ1) is 16.3. The molecule has 0 spiro atoms. The number of aromatic nitrogens is 1. The number of carbonyl (C=O) groups excluding carboxylic acids is 2. The summed E-state index contributed by atoms with van der Waals surface area (Å²) in [6, 6.07) is 6.52. The summed E-state index contributed by atoms with van der Waals surface area (Å²) in [6.45, 7) is 0.0866. The topological polar surface area (TPSA) is 137 Å². The lowest BCUT2D eigenvalue weighted by atomic mass is 9.73. The average molecular weight is 465 g/mol. The summed E-state index contributed by atoms with van der Waals surface area (Å²) in [6.07, 6.45) is -1.09. The molecule has 34 heavy (non-hydrogen) atoms. The van der Waals surface area contributed by atoms with Crippen LogP contribution in [0.2, 0.25) is 0 Å². The van der Waals surface area contributed by atoms with Crippen molar-refractivity contribution < 1.29 is 38.5 Å². The molecule has 6 rings (SSSR count). The maximum absolute atomic E-state index is 13.8. The lowest BCUT2D eigenvalue weighted by Gasteiger charge is -2.43. The number of aliphatic hydroxyl groups is 1. The van der Waals surface area contributed by atoms with Gasteiger partial charge >= 0.3 is 11.6 Å². The van der Waals surface area contributed by atoms with Crippen LogP contribution in [0.1, 0.15) is 28.8 Å². The maximum Gasteiger partial charge on any atom is 0.365 e. The molecular formula is C24H19NO9. The normalized spacial score (nSPS) is 22.6. The lowest BCUT2D eigenvalue weighted by Crippen LogP contribution is -2.61. The Morgan fingerprint density at radius 2 is 2.03 bits per heavy atom. The molecule has 2 N–H and O–H groups in total. The van der Waals surface area contributed by atoms with Gasteiger partial charge in [-0.15, -0.1) is 0 Å². The largest absolute Gasteiger partial charge is 0.506 e. The minimum absolute atomic E-state index is 0.0862. The van der Waals surface area contributed by atoms with Crippen LogP contribution in [0.3, 0.4) is 0 Å². The zero-order valence-corrected chi connectivity index (χ0v) is 18.2. The van der Waals surface area contributed by atoms with Gasteiger partial charge in [-0.1, -0.05) is 12.1 Å². The minimum Gasteiger partial charge on any atom is -0.506 e. The van der Waals surface area contributed by atoms with Crippen molar-refractivity contribution in [3.05, 3.63) is 57.1 Å². The van der Waals surface area contributed by atoms with Gasteiger partial charge in [-0.2, -0.15) is 0 Å². The Hall–Kier alpha value is -4.05. The molecule has 0 bridgehead atoms. The molecule has 2 aliphatic heterocycles. The van der Waals surface area contributed by atoms with Gasteiger partial charge in [-0.3, -0.25) is 4.79 Å². The van der Waals surface area contributed by atoms with Crippen LogP contribution in [0, 0.1) is 0 Å². The Morgan fingerprint density at radius 3 is 2.76 bits per heavy atom. The number of rotatable bonds is 2. The molecular weight excluding hydrogens is 446 g/mol. The number of Topliss-reactive ketones (excluding diaryl/α,β-unsaturated/α-hetero) is 1. The summed E-state index contributed by atoms with van der Waals surface area (Å²) >= 11 is 0. The summed E-state index contributed by atoms with van der Waals surface area (Å²) in [5.74, 6) is -1.92. The quantitative estimate of drug-likeness (QED) is 0.425. The van der Waals surface area contributed by atoms with Crippen LogP contribution in [0.15, 0.2) is 44.9 Å². The first-order valence-electron chi connectivity index (χ1n) is 10.6. The van der Waals surface area contributed by atoms with E-state index >= 15 is 0 Å². The van der Waals surface area contributed by atoms with Gasteiger partial charge in [-0.25, -0.2) is 14.3 Å². The second kappa shape index (κ2) is 6.73. The van der Waals surface area contributed by atoms with Crippen molar-refractivity contribution in [1.29, 1.82) is 0 Å². The number of carbonyl (C=O) groups is 2. The lowest BCUT2D eigenvalue weighted by molar-refractivity contribution is -0.167. The fourth-order valence-electron chi connectivity index (χ4n) is 5.38. The number of phenolic OH excluding ortho intramolecular Hbond substituents is 1. The number of ketones is 1. The molecule has 2 aromatic carbocycles. The Balaban J connectivity index is 1.66. The molecule has 3 aliphatic rings. The van der Waals surface area contributed by atoms with Crippen LogP contribution in [0.5, 0.6) is 11.5 Å². The van der Waals surface area contributed by atoms with Crippen molar-refractivity contribution in [3.8, 4) is 22.6 Å². The van der Waals surface area contributed by atoms with E-state index in [4.69, 9.17) is 18.7 Å². The summed E-state index contributed by atoms with van der Waals surface area (Å²) in [5, 5.41) is 22.6. The summed E-state index contributed by atoms with van der Waals surface area (Å²) in [5.41, 5.74) is -1.11. The molecule has 174 valence electrons. The molecule has 0 amide bonds. The molecule has 1 aliphatic carbocycles. The fraction of sp³-hybridized carbons (Fsp3) is 0.292. The highest BCUT2D eigenvalue weighted by atomic mass is 16.6. The van der Waals surface area contributed by atoms with Crippen LogP contribution in [0.25, 0.3) is 22.0 Å². The van der Waals surface area contributed by atoms with Crippen molar-refractivity contribution >= 4 is 22.7 Å². The third-order valence-corrected chi connectivity index (χ3v) is 6.85. The van der Waals surface area contributed by atoms with Gasteiger partial charge in [0, 0.05) is 17.5 Å². The van der Waals surface area contributed by atoms with Crippen LogP contribution in [0.4, 0.5) is 0 Å². The number of hydrogen-bond donors (Lipinski definition) is 2. The van der Waals surface area contributed by atoms with Crippen molar-refractivity contribution in [2.75, 3.05) is 14.2 Å². The molecule has 0 fully saturated rings. The standard InChI is InChI=1S/C24H19NO9/c1-31-13-6-7-15(26)24(23(30)32-2)18(13)21(28)17-14(33-24)8-10-9-25-19-11(16(10)20(17)27)4-3-5-12(19)22(29)34-25/h3-5,8,15,26-27H,6-7,9H2,1-2H3/t15-,24+/m1/s1. The van der Waals surface area contributed by atoms with Crippen molar-refractivity contribution in [1.82, 2.24) is 4.74 Å². The summed E-state index contributed by atoms with van der Waals surface area (Å²) in [4.78, 5) is 39.1. The number of esters is 1. The molecule has 0 radical (unpaired) electrons. The van der Waals surface area contributed by atoms with E-state index in [0.29, 0.717) is 27.6 Å². The van der Waals surface area contributed by atoms with E-state index in [0.717, 1.165) is 7.11 Å². The van der Waals surface area contributed by atoms with Gasteiger partial charge in [-0.05, 0) is 24.1 Å². The predicted octanol–water partition coefficient (Wildman–Crippen LogP) is 1.87. The number of methoxy groups -OCH3 is 2. The SMILES string of the molecule is COC(=O)[C@@]12Oc3cc4c(c(O)c3C(=O)C1=C(OC)CC[C@H]2O)-c1cccc2c(=O)on(c12)C4. The molecule has 0 saturated heterocycles. The summed E-state index contributed by atoms with van der Waals surface area (Å²) in [7, 11) is 2.49. The van der Waals surface area contributed by atoms with E-state index in [2.05, 4.69) is 0 Å². The van der Waals surface area contributed by atoms with E-state index in [1.165, 1.54) is 17.9 Å². The Bertz CT molecular complexity index is 1530. The number of aromatic hydroxyl groups is 1. The Labute approximate surface area is 191 Å². The Kier molecular flexibility index (Phi) is 4.07. The molecule has 3 heterocycles. The smallest absolute Gasteiger partial charge is 0.365 e. The molecule has 3 aromatic rings. The predicted molar refractivity (Wildman–Crippen MR) is 116 cm³/mol.